The van der Waals surface area contributed by atoms with Crippen LogP contribution >= 0.6 is 0 Å². The van der Waals surface area contributed by atoms with Crippen molar-refractivity contribution in [3.8, 4) is 0 Å². The molecule has 9 rings (SSSR count). The van der Waals surface area contributed by atoms with Gasteiger partial charge in [-0.2, -0.15) is 0 Å². The van der Waals surface area contributed by atoms with Crippen LogP contribution in [0.3, 0.4) is 0 Å². The highest BCUT2D eigenvalue weighted by Gasteiger charge is 2.41. The molecular weight excluding hydrogens is 1170 g/mol. The highest BCUT2D eigenvalue weighted by Crippen LogP contribution is 2.25. The lowest BCUT2D eigenvalue weighted by molar-refractivity contribution is -0.145. The summed E-state index contributed by atoms with van der Waals surface area (Å²) in [7, 11) is 0. The Kier molecular flexibility index (Phi) is 21.4. The zero-order valence-electron chi connectivity index (χ0n) is 49.7. The number of carboxylic acid groups (broad SMARTS) is 1. The number of amides is 9. The van der Waals surface area contributed by atoms with Crippen molar-refractivity contribution in [3.05, 3.63) is 162 Å². The van der Waals surface area contributed by atoms with Crippen LogP contribution in [0.2, 0.25) is 0 Å². The molecule has 0 radical (unpaired) electrons. The van der Waals surface area contributed by atoms with Crippen molar-refractivity contribution >= 4 is 91.8 Å². The van der Waals surface area contributed by atoms with E-state index in [2.05, 4.69) is 62.1 Å². The Hall–Kier alpha value is -10.7. The molecule has 17 N–H and O–H groups in total. The number of primary amides is 1. The summed E-state index contributed by atoms with van der Waals surface area (Å²) in [5.41, 5.74) is 16.2. The first-order chi connectivity index (χ1) is 43.8. The summed E-state index contributed by atoms with van der Waals surface area (Å²) in [6.45, 7) is 0.857. The Morgan fingerprint density at radius 1 is 0.571 bits per heavy atom. The second-order valence-corrected chi connectivity index (χ2v) is 22.6. The second-order valence-electron chi connectivity index (χ2n) is 22.6. The summed E-state index contributed by atoms with van der Waals surface area (Å²) in [4.78, 5) is 158. The van der Waals surface area contributed by atoms with E-state index in [4.69, 9.17) is 11.5 Å². The van der Waals surface area contributed by atoms with Crippen molar-refractivity contribution in [2.24, 2.45) is 11.5 Å². The zero-order chi connectivity index (χ0) is 64.7. The van der Waals surface area contributed by atoms with E-state index < -0.39 is 133 Å². The summed E-state index contributed by atoms with van der Waals surface area (Å²) >= 11 is 0. The lowest BCUT2D eigenvalue weighted by Gasteiger charge is -2.30. The van der Waals surface area contributed by atoms with E-state index in [1.165, 1.54) is 24.3 Å². The average molecular weight is 1240 g/mol. The summed E-state index contributed by atoms with van der Waals surface area (Å²) in [6, 6.07) is 18.7. The van der Waals surface area contributed by atoms with Crippen LogP contribution in [0.25, 0.3) is 32.7 Å². The number of aliphatic carboxylic acids is 1. The van der Waals surface area contributed by atoms with Gasteiger partial charge in [0.15, 0.2) is 0 Å². The van der Waals surface area contributed by atoms with E-state index >= 15 is 4.79 Å². The van der Waals surface area contributed by atoms with E-state index in [0.29, 0.717) is 56.2 Å². The molecule has 91 heavy (non-hydrogen) atoms. The predicted molar refractivity (Wildman–Crippen MR) is 333 cm³/mol. The average Bonchev–Trinajstić information content (AvgIpc) is 2.20. The van der Waals surface area contributed by atoms with E-state index in [-0.39, 0.29) is 45.1 Å². The Balaban J connectivity index is 0.974. The molecule has 0 aliphatic carbocycles. The molecule has 9 atom stereocenters. The number of rotatable bonds is 30. The number of carboxylic acids is 1. The number of aliphatic hydroxyl groups excluding tert-OH is 1. The van der Waals surface area contributed by atoms with E-state index in [9.17, 15) is 53.4 Å². The van der Waals surface area contributed by atoms with Crippen LogP contribution in [0, 0.1) is 0 Å². The highest BCUT2D eigenvalue weighted by molar-refractivity contribution is 5.99. The lowest BCUT2D eigenvalue weighted by atomic mass is 10.0. The number of hydrogen-bond donors (Lipinski definition) is 15. The first-order valence-electron chi connectivity index (χ1n) is 29.8. The van der Waals surface area contributed by atoms with Gasteiger partial charge in [0.1, 0.15) is 48.3 Å². The van der Waals surface area contributed by atoms with E-state index in [1.807, 2.05) is 24.3 Å². The Morgan fingerprint density at radius 2 is 1.05 bits per heavy atom. The molecule has 0 saturated carbocycles. The van der Waals surface area contributed by atoms with Gasteiger partial charge < -0.3 is 83.7 Å². The quantitative estimate of drug-likeness (QED) is 0.0291. The number of nitrogens with two attached hydrogens (primary N) is 2. The summed E-state index contributed by atoms with van der Waals surface area (Å²) in [5.74, 6) is -8.96. The number of para-hydroxylation sites is 3. The van der Waals surface area contributed by atoms with Crippen LogP contribution in [0.15, 0.2) is 134 Å². The fraction of sp³-hybridized carbons (Fsp3) is 0.328. The smallest absolute Gasteiger partial charge is 0.326 e. The molecule has 1 aliphatic rings. The number of fused-ring (bicyclic) bond motifs is 3. The van der Waals surface area contributed by atoms with Crippen LogP contribution < -0.4 is 48.7 Å². The number of nitrogens with one attached hydrogen (secondary N) is 11. The maximum absolute atomic E-state index is 15.1. The van der Waals surface area contributed by atoms with Crippen LogP contribution in [0.5, 0.6) is 0 Å². The maximum atomic E-state index is 15.1. The van der Waals surface area contributed by atoms with Gasteiger partial charge in [0, 0.05) is 108 Å². The number of nitrogens with zero attached hydrogens (tertiary/aromatic N) is 2. The topological polar surface area (TPSA) is 427 Å². The van der Waals surface area contributed by atoms with Crippen molar-refractivity contribution in [3.63, 3.8) is 0 Å². The minimum atomic E-state index is -1.72. The summed E-state index contributed by atoms with van der Waals surface area (Å²) in [6.07, 6.45) is 5.13. The van der Waals surface area contributed by atoms with Gasteiger partial charge in [-0.3, -0.25) is 43.2 Å². The number of carbonyl (C=O) groups excluding carboxylic acids is 9. The molecule has 9 amide bonds. The fourth-order valence-corrected chi connectivity index (χ4v) is 11.4. The zero-order valence-corrected chi connectivity index (χ0v) is 49.7. The highest BCUT2D eigenvalue weighted by atomic mass is 16.4. The lowest BCUT2D eigenvalue weighted by Crippen LogP contribution is -2.62. The first-order valence-corrected chi connectivity index (χ1v) is 29.8. The van der Waals surface area contributed by atoms with Crippen molar-refractivity contribution in [1.29, 1.82) is 0 Å². The van der Waals surface area contributed by atoms with Crippen molar-refractivity contribution in [1.82, 2.24) is 67.0 Å². The number of H-pyrrole nitrogens is 4. The SMILES string of the molecule is C[C@@H](O)[C@H](NC(=O)[C@H](Cc1ccccc1)NC(=O)CN)C(=O)N[C@@H](Cc1c[nH]c2ccccc12)C(=O)N[C@@H](CCC(N)=O)C(=O)N[C@@H](Cc1c[nH]c2ccccc12)C(=O)N[C@@H](Cc1cnc[nH]1)C(=O)N1CCC[C@H]1C(=O)N[C@@H](Cc1c[nH]c2ccccc12)C(=O)O. The molecule has 27 heteroatoms. The standard InChI is InChI=1S/C64H73N15O12/c1-35(80)56(78-60(86)48(72-55(82)29-65)24-36-12-3-2-4-13-36)62(88)75-50(26-38-31-69-45-18-9-6-15-42(38)45)58(84)73-47(21-22-54(66)81)57(83)74-49(25-37-30-68-44-17-8-5-14-41(37)44)59(85)76-51(28-40-33-67-34-71-40)63(89)79-23-11-20-53(79)61(87)77-52(64(90)91)27-39-32-70-46-19-10-7-16-43(39)46/h2-10,12-19,30-35,47-53,56,68-70,80H,11,20-29,65H2,1H3,(H2,66,81)(H,67,71)(H,72,82)(H,73,84)(H,74,83)(H,75,88)(H,76,85)(H,77,87)(H,78,86)(H,90,91)/t35-,47+,48+,49+,50+,51+,52+,53+,56+/m1/s1. The Bertz CT molecular complexity index is 3920. The van der Waals surface area contributed by atoms with Gasteiger partial charge in [0.05, 0.1) is 19.0 Å². The number of carbonyl (C=O) groups is 10. The third-order valence-corrected chi connectivity index (χ3v) is 16.1. The molecule has 476 valence electrons. The second kappa shape index (κ2) is 30.0. The van der Waals surface area contributed by atoms with E-state index in [1.54, 1.807) is 97.5 Å². The van der Waals surface area contributed by atoms with Gasteiger partial charge in [-0.1, -0.05) is 84.9 Å². The third kappa shape index (κ3) is 16.5. The number of likely N-dealkylation sites (tertiary alicyclic amines) is 1. The van der Waals surface area contributed by atoms with Gasteiger partial charge in [-0.15, -0.1) is 0 Å². The fourth-order valence-electron chi connectivity index (χ4n) is 11.4. The van der Waals surface area contributed by atoms with Crippen LogP contribution in [-0.2, 0) is 80.0 Å². The summed E-state index contributed by atoms with van der Waals surface area (Å²) in [5, 5.41) is 42.1. The number of aliphatic hydroxyl groups is 1. The molecule has 4 aromatic heterocycles. The van der Waals surface area contributed by atoms with Gasteiger partial charge in [0.2, 0.25) is 53.2 Å². The molecular formula is C64H73N15O12. The molecule has 1 fully saturated rings. The molecule has 1 saturated heterocycles. The number of benzene rings is 4. The number of aromatic amines is 4. The molecule has 0 spiro atoms. The Morgan fingerprint density at radius 3 is 1.57 bits per heavy atom. The number of imidazole rings is 1. The molecule has 0 bridgehead atoms. The number of aromatic nitrogens is 5. The minimum Gasteiger partial charge on any atom is -0.480 e. The van der Waals surface area contributed by atoms with Crippen molar-refractivity contribution < 1.29 is 58.2 Å². The van der Waals surface area contributed by atoms with Gasteiger partial charge in [0.25, 0.3) is 0 Å². The minimum absolute atomic E-state index is 0.0212. The molecule has 1 aliphatic heterocycles. The van der Waals surface area contributed by atoms with Crippen molar-refractivity contribution in [2.45, 2.75) is 119 Å². The molecule has 8 aromatic rings. The monoisotopic (exact) mass is 1240 g/mol. The molecule has 27 nitrogen and oxygen atoms in total. The molecule has 0 unspecified atom stereocenters. The normalized spacial score (nSPS) is 15.7. The van der Waals surface area contributed by atoms with E-state index in [0.717, 1.165) is 10.9 Å². The van der Waals surface area contributed by atoms with Crippen molar-refractivity contribution in [2.75, 3.05) is 13.1 Å². The van der Waals surface area contributed by atoms with Gasteiger partial charge in [-0.05, 0) is 66.6 Å². The number of hydrogen-bond acceptors (Lipinski definition) is 13. The van der Waals surface area contributed by atoms with Gasteiger partial charge in [-0.25, -0.2) is 9.78 Å². The largest absolute Gasteiger partial charge is 0.480 e. The summed E-state index contributed by atoms with van der Waals surface area (Å²) < 4.78 is 0. The van der Waals surface area contributed by atoms with Crippen LogP contribution in [-0.4, -0.2) is 167 Å². The third-order valence-electron chi connectivity index (χ3n) is 16.1. The van der Waals surface area contributed by atoms with Gasteiger partial charge >= 0.3 is 5.97 Å². The van der Waals surface area contributed by atoms with Crippen LogP contribution in [0.1, 0.15) is 60.6 Å². The van der Waals surface area contributed by atoms with Crippen LogP contribution in [0.4, 0.5) is 0 Å². The maximum Gasteiger partial charge on any atom is 0.326 e. The predicted octanol–water partition coefficient (Wildman–Crippen LogP) is 0.441. The molecule has 4 aromatic carbocycles. The molecule has 5 heterocycles. The Labute approximate surface area is 521 Å². The first kappa shape index (κ1) is 64.8.